The van der Waals surface area contributed by atoms with Gasteiger partial charge in [0.2, 0.25) is 12.3 Å². The van der Waals surface area contributed by atoms with Gasteiger partial charge in [0.25, 0.3) is 0 Å². The van der Waals surface area contributed by atoms with Crippen molar-refractivity contribution in [1.82, 2.24) is 0 Å². The standard InChI is InChI=1S/C14H11FN2O2.BrH/c15-13-3-1-12(2-4-13)14(18)10-17-7-5-11(6-8-17)9-16-19;/h1-9H,10H2;1H. The van der Waals surface area contributed by atoms with Gasteiger partial charge in [-0.15, -0.1) is 0 Å². The zero-order valence-electron chi connectivity index (χ0n) is 10.4. The highest BCUT2D eigenvalue weighted by Crippen LogP contribution is 2.03. The normalized spacial score (nSPS) is 10.2. The van der Waals surface area contributed by atoms with Crippen LogP contribution in [0.1, 0.15) is 15.9 Å². The lowest BCUT2D eigenvalue weighted by atomic mass is 10.1. The third kappa shape index (κ3) is 4.24. The Labute approximate surface area is 125 Å². The molecule has 1 N–H and O–H groups in total. The molecule has 0 fully saturated rings. The molecule has 104 valence electrons. The highest BCUT2D eigenvalue weighted by molar-refractivity contribution is 5.94. The van der Waals surface area contributed by atoms with Crippen LogP contribution in [-0.4, -0.2) is 17.2 Å². The number of aromatic nitrogens is 1. The SMILES string of the molecule is O=C(C[n+]1ccc(/C=N/O)cc1)c1ccc(F)cc1.[Br-]. The first-order valence-electron chi connectivity index (χ1n) is 5.64. The van der Waals surface area contributed by atoms with Crippen molar-refractivity contribution in [3.63, 3.8) is 0 Å². The summed E-state index contributed by atoms with van der Waals surface area (Å²) in [5.74, 6) is -0.467. The summed E-state index contributed by atoms with van der Waals surface area (Å²) in [6.07, 6.45) is 4.71. The average Bonchev–Trinajstić information content (AvgIpc) is 2.42. The van der Waals surface area contributed by atoms with E-state index in [1.54, 1.807) is 29.1 Å². The molecule has 0 unspecified atom stereocenters. The molecule has 0 atom stereocenters. The Morgan fingerprint density at radius 2 is 1.80 bits per heavy atom. The maximum Gasteiger partial charge on any atom is 0.227 e. The number of rotatable bonds is 4. The lowest BCUT2D eigenvalue weighted by Crippen LogP contribution is -3.00. The first-order chi connectivity index (χ1) is 9.19. The number of nitrogens with zero attached hydrogens (tertiary/aromatic N) is 2. The van der Waals surface area contributed by atoms with E-state index in [4.69, 9.17) is 5.21 Å². The molecule has 0 aliphatic carbocycles. The fourth-order valence-electron chi connectivity index (χ4n) is 1.62. The van der Waals surface area contributed by atoms with Gasteiger partial charge >= 0.3 is 0 Å². The summed E-state index contributed by atoms with van der Waals surface area (Å²) in [7, 11) is 0. The van der Waals surface area contributed by atoms with Gasteiger partial charge in [0.1, 0.15) is 5.82 Å². The van der Waals surface area contributed by atoms with Gasteiger partial charge in [-0.2, -0.15) is 4.57 Å². The number of hydrogen-bond donors (Lipinski definition) is 1. The van der Waals surface area contributed by atoms with Gasteiger partial charge in [-0.05, 0) is 24.3 Å². The molecule has 4 nitrogen and oxygen atoms in total. The van der Waals surface area contributed by atoms with Gasteiger partial charge in [-0.1, -0.05) is 5.16 Å². The molecular weight excluding hydrogens is 327 g/mol. The number of pyridine rings is 1. The van der Waals surface area contributed by atoms with Crippen molar-refractivity contribution in [2.24, 2.45) is 5.16 Å². The first-order valence-corrected chi connectivity index (χ1v) is 5.64. The van der Waals surface area contributed by atoms with E-state index in [1.807, 2.05) is 0 Å². The monoisotopic (exact) mass is 338 g/mol. The van der Waals surface area contributed by atoms with E-state index in [9.17, 15) is 9.18 Å². The molecule has 0 radical (unpaired) electrons. The molecule has 1 aromatic heterocycles. The topological polar surface area (TPSA) is 53.5 Å². The smallest absolute Gasteiger partial charge is 0.227 e. The number of ketones is 1. The van der Waals surface area contributed by atoms with Crippen LogP contribution in [-0.2, 0) is 6.54 Å². The van der Waals surface area contributed by atoms with Crippen LogP contribution in [0.5, 0.6) is 0 Å². The van der Waals surface area contributed by atoms with Gasteiger partial charge in [0.05, 0.1) is 6.21 Å². The van der Waals surface area contributed by atoms with E-state index < -0.39 is 0 Å². The minimum Gasteiger partial charge on any atom is -1.00 e. The minimum atomic E-state index is -0.364. The van der Waals surface area contributed by atoms with Crippen LogP contribution in [0, 0.1) is 5.82 Å². The molecule has 0 aliphatic heterocycles. The van der Waals surface area contributed by atoms with Crippen LogP contribution in [0.2, 0.25) is 0 Å². The first kappa shape index (κ1) is 16.0. The highest BCUT2D eigenvalue weighted by Gasteiger charge is 2.11. The lowest BCUT2D eigenvalue weighted by molar-refractivity contribution is -0.683. The Balaban J connectivity index is 0.00000200. The van der Waals surface area contributed by atoms with E-state index in [1.165, 1.54) is 30.5 Å². The van der Waals surface area contributed by atoms with Crippen LogP contribution in [0.15, 0.2) is 53.9 Å². The van der Waals surface area contributed by atoms with E-state index in [-0.39, 0.29) is 35.1 Å². The Morgan fingerprint density at radius 3 is 2.35 bits per heavy atom. The van der Waals surface area contributed by atoms with Crippen LogP contribution in [0.4, 0.5) is 4.39 Å². The highest BCUT2D eigenvalue weighted by atomic mass is 79.9. The Morgan fingerprint density at radius 1 is 1.20 bits per heavy atom. The van der Waals surface area contributed by atoms with E-state index >= 15 is 0 Å². The van der Waals surface area contributed by atoms with Crippen molar-refractivity contribution < 1.29 is 35.9 Å². The zero-order valence-corrected chi connectivity index (χ0v) is 12.0. The fourth-order valence-corrected chi connectivity index (χ4v) is 1.62. The number of Topliss-reactive ketones (excluding diaryl/α,β-unsaturated/α-hetero) is 1. The van der Waals surface area contributed by atoms with Gasteiger partial charge in [-0.3, -0.25) is 4.79 Å². The Hall–Kier alpha value is -2.08. The average molecular weight is 339 g/mol. The molecule has 2 rings (SSSR count). The maximum absolute atomic E-state index is 12.7. The maximum atomic E-state index is 12.7. The van der Waals surface area contributed by atoms with Crippen LogP contribution < -0.4 is 21.5 Å². The Bertz CT molecular complexity index is 598. The van der Waals surface area contributed by atoms with E-state index in [0.29, 0.717) is 5.56 Å². The second kappa shape index (κ2) is 7.49. The van der Waals surface area contributed by atoms with E-state index in [0.717, 1.165) is 5.56 Å². The second-order valence-corrected chi connectivity index (χ2v) is 3.98. The van der Waals surface area contributed by atoms with Gasteiger partial charge in [-0.25, -0.2) is 4.39 Å². The predicted molar refractivity (Wildman–Crippen MR) is 66.7 cm³/mol. The van der Waals surface area contributed by atoms with Crippen molar-refractivity contribution in [2.45, 2.75) is 6.54 Å². The molecule has 0 aliphatic rings. The molecule has 1 aromatic carbocycles. The number of carbonyl (C=O) groups excluding carboxylic acids is 1. The lowest BCUT2D eigenvalue weighted by Gasteiger charge is -1.98. The van der Waals surface area contributed by atoms with Crippen molar-refractivity contribution in [3.8, 4) is 0 Å². The fraction of sp³-hybridized carbons (Fsp3) is 0.0714. The molecular formula is C14H12BrFN2O2. The molecule has 0 spiro atoms. The molecule has 0 saturated carbocycles. The zero-order chi connectivity index (χ0) is 13.7. The summed E-state index contributed by atoms with van der Waals surface area (Å²) in [5.41, 5.74) is 1.20. The molecule has 6 heteroatoms. The van der Waals surface area contributed by atoms with Crippen molar-refractivity contribution in [1.29, 1.82) is 0 Å². The minimum absolute atomic E-state index is 0. The van der Waals surface area contributed by atoms with Gasteiger partial charge < -0.3 is 22.2 Å². The van der Waals surface area contributed by atoms with Crippen molar-refractivity contribution in [2.75, 3.05) is 0 Å². The quantitative estimate of drug-likeness (QED) is 0.250. The van der Waals surface area contributed by atoms with Crippen molar-refractivity contribution in [3.05, 3.63) is 65.7 Å². The summed E-state index contributed by atoms with van der Waals surface area (Å²) in [6.45, 7) is 0.169. The number of benzene rings is 1. The molecule has 0 saturated heterocycles. The number of hydrogen-bond acceptors (Lipinski definition) is 3. The summed E-state index contributed by atoms with van der Waals surface area (Å²) in [5, 5.41) is 11.3. The predicted octanol–water partition coefficient (Wildman–Crippen LogP) is -1.19. The van der Waals surface area contributed by atoms with Gasteiger partial charge in [0, 0.05) is 23.3 Å². The number of oxime groups is 1. The second-order valence-electron chi connectivity index (χ2n) is 3.98. The number of halogens is 2. The molecule has 0 bridgehead atoms. The third-order valence-electron chi connectivity index (χ3n) is 2.62. The summed E-state index contributed by atoms with van der Waals surface area (Å²) in [4.78, 5) is 11.9. The van der Waals surface area contributed by atoms with Crippen LogP contribution in [0.25, 0.3) is 0 Å². The molecule has 0 amide bonds. The van der Waals surface area contributed by atoms with E-state index in [2.05, 4.69) is 5.16 Å². The molecule has 20 heavy (non-hydrogen) atoms. The van der Waals surface area contributed by atoms with Crippen LogP contribution in [0.3, 0.4) is 0 Å². The summed E-state index contributed by atoms with van der Waals surface area (Å²) >= 11 is 0. The van der Waals surface area contributed by atoms with Gasteiger partial charge in [0.15, 0.2) is 12.4 Å². The Kier molecular flexibility index (Phi) is 5.99. The van der Waals surface area contributed by atoms with Crippen LogP contribution >= 0.6 is 0 Å². The third-order valence-corrected chi connectivity index (χ3v) is 2.62. The molecule has 2 aromatic rings. The summed E-state index contributed by atoms with van der Waals surface area (Å²) < 4.78 is 14.4. The largest absolute Gasteiger partial charge is 1.00 e. The van der Waals surface area contributed by atoms with Crippen molar-refractivity contribution >= 4 is 12.0 Å². The summed E-state index contributed by atoms with van der Waals surface area (Å²) in [6, 6.07) is 8.89. The molecule has 1 heterocycles. The number of carbonyl (C=O) groups is 1.